The van der Waals surface area contributed by atoms with E-state index >= 15 is 0 Å². The number of ether oxygens (including phenoxy) is 4. The van der Waals surface area contributed by atoms with Gasteiger partial charge in [0.2, 0.25) is 11.7 Å². The Morgan fingerprint density at radius 3 is 2.28 bits per heavy atom. The predicted molar refractivity (Wildman–Crippen MR) is 93.4 cm³/mol. The highest BCUT2D eigenvalue weighted by atomic mass is 16.5. The van der Waals surface area contributed by atoms with Gasteiger partial charge in [0.15, 0.2) is 11.5 Å². The van der Waals surface area contributed by atoms with E-state index in [1.54, 1.807) is 21.3 Å². The van der Waals surface area contributed by atoms with E-state index < -0.39 is 0 Å². The van der Waals surface area contributed by atoms with E-state index in [4.69, 9.17) is 18.9 Å². The fraction of sp³-hybridized carbons (Fsp3) is 0.632. The van der Waals surface area contributed by atoms with Gasteiger partial charge < -0.3 is 23.8 Å². The molecule has 0 radical (unpaired) electrons. The van der Waals surface area contributed by atoms with E-state index in [1.165, 1.54) is 12.8 Å². The molecule has 1 heterocycles. The van der Waals surface area contributed by atoms with Crippen LogP contribution in [0.25, 0.3) is 0 Å². The van der Waals surface area contributed by atoms with Crippen molar-refractivity contribution >= 4 is 5.91 Å². The molecule has 25 heavy (non-hydrogen) atoms. The Balaban J connectivity index is 1.73. The standard InChI is InChI=1S/C19H27NO5/c1-12-10-20(11-17(25-12)14-5-6-14)18(21)9-13-7-15(22-2)19(24-4)16(8-13)23-3/h7-8,12,14,17H,5-6,9-11H2,1-4H3/t12-,17+/m0/s1. The molecule has 0 bridgehead atoms. The van der Waals surface area contributed by atoms with Crippen molar-refractivity contribution in [2.45, 2.75) is 38.4 Å². The molecule has 1 saturated carbocycles. The predicted octanol–water partition coefficient (Wildman–Crippen LogP) is 2.28. The minimum absolute atomic E-state index is 0.0863. The maximum Gasteiger partial charge on any atom is 0.227 e. The average molecular weight is 349 g/mol. The smallest absolute Gasteiger partial charge is 0.227 e. The van der Waals surface area contributed by atoms with Gasteiger partial charge in [0.1, 0.15) is 0 Å². The Morgan fingerprint density at radius 1 is 1.12 bits per heavy atom. The molecule has 1 amide bonds. The summed E-state index contributed by atoms with van der Waals surface area (Å²) in [6.07, 6.45) is 3.01. The van der Waals surface area contributed by atoms with E-state index in [0.29, 0.717) is 42.7 Å². The third-order valence-corrected chi connectivity index (χ3v) is 4.87. The first-order chi connectivity index (χ1) is 12.0. The molecule has 0 spiro atoms. The SMILES string of the molecule is COc1cc(CC(=O)N2C[C@H](C)O[C@@H](C3CC3)C2)cc(OC)c1OC. The summed E-state index contributed by atoms with van der Waals surface area (Å²) in [5.74, 6) is 2.40. The second-order valence-electron chi connectivity index (χ2n) is 6.83. The Bertz CT molecular complexity index is 603. The number of hydrogen-bond acceptors (Lipinski definition) is 5. The van der Waals surface area contributed by atoms with Crippen LogP contribution in [0.2, 0.25) is 0 Å². The fourth-order valence-electron chi connectivity index (χ4n) is 3.44. The molecule has 6 heteroatoms. The molecule has 1 aromatic carbocycles. The zero-order valence-corrected chi connectivity index (χ0v) is 15.4. The van der Waals surface area contributed by atoms with E-state index in [0.717, 1.165) is 5.56 Å². The molecule has 2 aliphatic rings. The van der Waals surface area contributed by atoms with Crippen LogP contribution in [-0.4, -0.2) is 57.4 Å². The molecule has 2 fully saturated rings. The minimum Gasteiger partial charge on any atom is -0.493 e. The first-order valence-electron chi connectivity index (χ1n) is 8.77. The van der Waals surface area contributed by atoms with Gasteiger partial charge in [-0.15, -0.1) is 0 Å². The lowest BCUT2D eigenvalue weighted by Gasteiger charge is -2.37. The van der Waals surface area contributed by atoms with Crippen molar-refractivity contribution in [1.82, 2.24) is 4.90 Å². The number of methoxy groups -OCH3 is 3. The van der Waals surface area contributed by atoms with Crippen LogP contribution in [0.3, 0.4) is 0 Å². The number of amides is 1. The lowest BCUT2D eigenvalue weighted by Crippen LogP contribution is -2.50. The summed E-state index contributed by atoms with van der Waals surface area (Å²) in [4.78, 5) is 14.7. The van der Waals surface area contributed by atoms with Crippen molar-refractivity contribution in [1.29, 1.82) is 0 Å². The number of nitrogens with zero attached hydrogens (tertiary/aromatic N) is 1. The van der Waals surface area contributed by atoms with Gasteiger partial charge in [-0.05, 0) is 43.4 Å². The average Bonchev–Trinajstić information content (AvgIpc) is 3.45. The Hall–Kier alpha value is -1.95. The first-order valence-corrected chi connectivity index (χ1v) is 8.77. The van der Waals surface area contributed by atoms with Crippen molar-refractivity contribution < 1.29 is 23.7 Å². The summed E-state index contributed by atoms with van der Waals surface area (Å²) in [6, 6.07) is 3.67. The summed E-state index contributed by atoms with van der Waals surface area (Å²) in [5.41, 5.74) is 0.849. The molecular formula is C19H27NO5. The van der Waals surface area contributed by atoms with Crippen molar-refractivity contribution in [2.24, 2.45) is 5.92 Å². The van der Waals surface area contributed by atoms with Crippen LogP contribution in [0.4, 0.5) is 0 Å². The van der Waals surface area contributed by atoms with Crippen LogP contribution in [0.1, 0.15) is 25.3 Å². The van der Waals surface area contributed by atoms with E-state index in [1.807, 2.05) is 24.0 Å². The number of rotatable bonds is 6. The van der Waals surface area contributed by atoms with Crippen molar-refractivity contribution in [3.8, 4) is 17.2 Å². The molecule has 1 aromatic rings. The van der Waals surface area contributed by atoms with Crippen LogP contribution in [0.5, 0.6) is 17.2 Å². The lowest BCUT2D eigenvalue weighted by molar-refractivity contribution is -0.145. The molecule has 6 nitrogen and oxygen atoms in total. The van der Waals surface area contributed by atoms with E-state index in [2.05, 4.69) is 0 Å². The molecule has 1 aliphatic heterocycles. The Morgan fingerprint density at radius 2 is 1.76 bits per heavy atom. The van der Waals surface area contributed by atoms with Crippen molar-refractivity contribution in [3.05, 3.63) is 17.7 Å². The van der Waals surface area contributed by atoms with Crippen LogP contribution in [-0.2, 0) is 16.0 Å². The Kier molecular flexibility index (Phi) is 5.37. The molecule has 0 unspecified atom stereocenters. The summed E-state index contributed by atoms with van der Waals surface area (Å²) in [7, 11) is 4.72. The zero-order chi connectivity index (χ0) is 18.0. The van der Waals surface area contributed by atoms with Gasteiger partial charge in [0.05, 0.1) is 40.0 Å². The normalized spacial score (nSPS) is 23.3. The van der Waals surface area contributed by atoms with Gasteiger partial charge >= 0.3 is 0 Å². The highest BCUT2D eigenvalue weighted by Gasteiger charge is 2.38. The zero-order valence-electron chi connectivity index (χ0n) is 15.4. The lowest BCUT2D eigenvalue weighted by atomic mass is 10.1. The van der Waals surface area contributed by atoms with Gasteiger partial charge in [-0.1, -0.05) is 0 Å². The summed E-state index contributed by atoms with van der Waals surface area (Å²) in [5, 5.41) is 0. The summed E-state index contributed by atoms with van der Waals surface area (Å²) in [6.45, 7) is 3.37. The largest absolute Gasteiger partial charge is 0.493 e. The molecule has 2 atom stereocenters. The molecule has 3 rings (SSSR count). The van der Waals surface area contributed by atoms with Gasteiger partial charge in [-0.25, -0.2) is 0 Å². The summed E-state index contributed by atoms with van der Waals surface area (Å²) >= 11 is 0. The van der Waals surface area contributed by atoms with Crippen LogP contribution in [0.15, 0.2) is 12.1 Å². The highest BCUT2D eigenvalue weighted by molar-refractivity contribution is 5.79. The molecular weight excluding hydrogens is 322 g/mol. The number of hydrogen-bond donors (Lipinski definition) is 0. The van der Waals surface area contributed by atoms with Crippen LogP contribution in [0, 0.1) is 5.92 Å². The molecule has 0 N–H and O–H groups in total. The van der Waals surface area contributed by atoms with Crippen LogP contribution < -0.4 is 14.2 Å². The number of carbonyl (C=O) groups excluding carboxylic acids is 1. The molecule has 1 aliphatic carbocycles. The summed E-state index contributed by atoms with van der Waals surface area (Å²) < 4.78 is 22.1. The van der Waals surface area contributed by atoms with E-state index in [9.17, 15) is 4.79 Å². The number of benzene rings is 1. The quantitative estimate of drug-likeness (QED) is 0.789. The van der Waals surface area contributed by atoms with Crippen molar-refractivity contribution in [2.75, 3.05) is 34.4 Å². The maximum absolute atomic E-state index is 12.8. The minimum atomic E-state index is 0.0863. The third-order valence-electron chi connectivity index (χ3n) is 4.87. The highest BCUT2D eigenvalue weighted by Crippen LogP contribution is 2.39. The van der Waals surface area contributed by atoms with Crippen LogP contribution >= 0.6 is 0 Å². The number of carbonyl (C=O) groups is 1. The Labute approximate surface area is 149 Å². The third kappa shape index (κ3) is 4.00. The van der Waals surface area contributed by atoms with Gasteiger partial charge in [0.25, 0.3) is 0 Å². The second kappa shape index (κ2) is 7.52. The molecule has 138 valence electrons. The molecule has 0 aromatic heterocycles. The van der Waals surface area contributed by atoms with Crippen molar-refractivity contribution in [3.63, 3.8) is 0 Å². The van der Waals surface area contributed by atoms with Gasteiger partial charge in [0, 0.05) is 13.1 Å². The van der Waals surface area contributed by atoms with E-state index in [-0.39, 0.29) is 18.1 Å². The first kappa shape index (κ1) is 17.9. The topological polar surface area (TPSA) is 57.2 Å². The number of morpholine rings is 1. The maximum atomic E-state index is 12.8. The second-order valence-corrected chi connectivity index (χ2v) is 6.83. The monoisotopic (exact) mass is 349 g/mol. The fourth-order valence-corrected chi connectivity index (χ4v) is 3.44. The van der Waals surface area contributed by atoms with Gasteiger partial charge in [-0.3, -0.25) is 4.79 Å². The molecule has 1 saturated heterocycles. The van der Waals surface area contributed by atoms with Gasteiger partial charge in [-0.2, -0.15) is 0 Å².